The number of likely N-dealkylation sites (tertiary alicyclic amines) is 1. The molecule has 2 aliphatic rings. The van der Waals surface area contributed by atoms with Crippen molar-refractivity contribution in [1.29, 1.82) is 0 Å². The van der Waals surface area contributed by atoms with Gasteiger partial charge in [-0.15, -0.1) is 0 Å². The Morgan fingerprint density at radius 2 is 2.18 bits per heavy atom. The van der Waals surface area contributed by atoms with Crippen LogP contribution in [0.4, 0.5) is 0 Å². The highest BCUT2D eigenvalue weighted by molar-refractivity contribution is 7.80. The highest BCUT2D eigenvalue weighted by Gasteiger charge is 2.55. The maximum atomic E-state index is 12.2. The zero-order valence-corrected chi connectivity index (χ0v) is 11.1. The van der Waals surface area contributed by atoms with E-state index in [2.05, 4.69) is 19.6 Å². The average Bonchev–Trinajstić information content (AvgIpc) is 2.30. The number of carbonyl (C=O) groups excluding carboxylic acids is 2. The SMILES string of the molecule is CC1CCC2(CC1)CN(C(CS)C(N)=O)C2=O. The Kier molecular flexibility index (Phi) is 3.39. The quantitative estimate of drug-likeness (QED) is 0.580. The van der Waals surface area contributed by atoms with Crippen molar-refractivity contribution in [3.8, 4) is 0 Å². The number of hydrogen-bond acceptors (Lipinski definition) is 3. The molecule has 1 saturated carbocycles. The number of β-lactam (4-membered cyclic amide) rings is 1. The van der Waals surface area contributed by atoms with E-state index in [1.54, 1.807) is 4.90 Å². The van der Waals surface area contributed by atoms with Crippen LogP contribution in [0.3, 0.4) is 0 Å². The third-order valence-electron chi connectivity index (χ3n) is 4.30. The summed E-state index contributed by atoms with van der Waals surface area (Å²) in [5.41, 5.74) is 5.10. The first-order chi connectivity index (χ1) is 8.00. The molecule has 0 aromatic heterocycles. The van der Waals surface area contributed by atoms with Gasteiger partial charge < -0.3 is 10.6 Å². The first-order valence-electron chi connectivity index (χ1n) is 6.21. The predicted molar refractivity (Wildman–Crippen MR) is 68.6 cm³/mol. The molecule has 4 nitrogen and oxygen atoms in total. The molecule has 96 valence electrons. The molecule has 2 amide bonds. The van der Waals surface area contributed by atoms with Crippen LogP contribution in [0.1, 0.15) is 32.6 Å². The third kappa shape index (κ3) is 2.05. The van der Waals surface area contributed by atoms with Crippen LogP contribution in [-0.4, -0.2) is 35.1 Å². The summed E-state index contributed by atoms with van der Waals surface area (Å²) in [5.74, 6) is 0.696. The number of rotatable bonds is 3. The second-order valence-corrected chi connectivity index (χ2v) is 5.86. The largest absolute Gasteiger partial charge is 0.368 e. The number of nitrogens with two attached hydrogens (primary N) is 1. The lowest BCUT2D eigenvalue weighted by molar-refractivity contribution is -0.170. The summed E-state index contributed by atoms with van der Waals surface area (Å²) in [6.07, 6.45) is 4.15. The Hall–Kier alpha value is -0.710. The van der Waals surface area contributed by atoms with Gasteiger partial charge in [-0.25, -0.2) is 0 Å². The molecule has 2 N–H and O–H groups in total. The molecule has 1 atom stereocenters. The Morgan fingerprint density at radius 3 is 2.59 bits per heavy atom. The molecule has 1 aliphatic carbocycles. The van der Waals surface area contributed by atoms with E-state index in [0.717, 1.165) is 31.6 Å². The number of nitrogens with zero attached hydrogens (tertiary/aromatic N) is 1. The van der Waals surface area contributed by atoms with Crippen LogP contribution in [0.2, 0.25) is 0 Å². The molecule has 0 aromatic rings. The molecule has 1 heterocycles. The summed E-state index contributed by atoms with van der Waals surface area (Å²) < 4.78 is 0. The number of carbonyl (C=O) groups is 2. The molecule has 0 aromatic carbocycles. The molecule has 2 fully saturated rings. The molecule has 1 aliphatic heterocycles. The van der Waals surface area contributed by atoms with Crippen LogP contribution in [0.5, 0.6) is 0 Å². The summed E-state index contributed by atoms with van der Waals surface area (Å²) in [7, 11) is 0. The van der Waals surface area contributed by atoms with Gasteiger partial charge in [0.25, 0.3) is 0 Å². The van der Waals surface area contributed by atoms with E-state index in [9.17, 15) is 9.59 Å². The predicted octanol–water partition coefficient (Wildman–Crippen LogP) is 0.809. The lowest BCUT2D eigenvalue weighted by Crippen LogP contribution is -2.67. The average molecular weight is 256 g/mol. The highest BCUT2D eigenvalue weighted by Crippen LogP contribution is 2.47. The van der Waals surface area contributed by atoms with E-state index in [1.807, 2.05) is 0 Å². The summed E-state index contributed by atoms with van der Waals surface area (Å²) >= 11 is 4.09. The van der Waals surface area contributed by atoms with Gasteiger partial charge in [-0.05, 0) is 31.6 Å². The molecule has 5 heteroatoms. The van der Waals surface area contributed by atoms with Crippen LogP contribution >= 0.6 is 12.6 Å². The topological polar surface area (TPSA) is 63.4 Å². The minimum absolute atomic E-state index is 0.113. The normalized spacial score (nSPS) is 34.6. The molecular weight excluding hydrogens is 236 g/mol. The summed E-state index contributed by atoms with van der Waals surface area (Å²) in [6.45, 7) is 2.92. The molecule has 2 rings (SSSR count). The van der Waals surface area contributed by atoms with Crippen molar-refractivity contribution in [3.63, 3.8) is 0 Å². The van der Waals surface area contributed by atoms with E-state index in [-0.39, 0.29) is 11.3 Å². The number of thiol groups is 1. The van der Waals surface area contributed by atoms with Crippen molar-refractivity contribution in [2.75, 3.05) is 12.3 Å². The van der Waals surface area contributed by atoms with Crippen molar-refractivity contribution >= 4 is 24.4 Å². The first kappa shape index (κ1) is 12.7. The Morgan fingerprint density at radius 1 is 1.59 bits per heavy atom. The van der Waals surface area contributed by atoms with Crippen molar-refractivity contribution in [1.82, 2.24) is 4.90 Å². The zero-order valence-electron chi connectivity index (χ0n) is 10.2. The summed E-state index contributed by atoms with van der Waals surface area (Å²) in [6, 6.07) is -0.532. The van der Waals surface area contributed by atoms with Gasteiger partial charge in [0.05, 0.1) is 5.41 Å². The first-order valence-corrected chi connectivity index (χ1v) is 6.85. The minimum Gasteiger partial charge on any atom is -0.368 e. The van der Waals surface area contributed by atoms with Crippen molar-refractivity contribution in [2.24, 2.45) is 17.1 Å². The van der Waals surface area contributed by atoms with Gasteiger partial charge in [0.15, 0.2) is 0 Å². The van der Waals surface area contributed by atoms with Crippen LogP contribution in [-0.2, 0) is 9.59 Å². The lowest BCUT2D eigenvalue weighted by atomic mass is 9.65. The fraction of sp³-hybridized carbons (Fsp3) is 0.833. The van der Waals surface area contributed by atoms with Gasteiger partial charge in [-0.1, -0.05) is 6.92 Å². The van der Waals surface area contributed by atoms with Gasteiger partial charge in [0.1, 0.15) is 6.04 Å². The van der Waals surface area contributed by atoms with Crippen LogP contribution in [0.15, 0.2) is 0 Å². The van der Waals surface area contributed by atoms with Gasteiger partial charge in [-0.3, -0.25) is 9.59 Å². The molecule has 17 heavy (non-hydrogen) atoms. The second-order valence-electron chi connectivity index (χ2n) is 5.50. The van der Waals surface area contributed by atoms with E-state index < -0.39 is 11.9 Å². The standard InChI is InChI=1S/C12H20N2O2S/c1-8-2-4-12(5-3-8)7-14(11(12)16)9(6-17)10(13)15/h8-9,17H,2-7H2,1H3,(H2,13,15). The zero-order chi connectivity index (χ0) is 12.6. The van der Waals surface area contributed by atoms with Crippen LogP contribution in [0.25, 0.3) is 0 Å². The number of amides is 2. The Bertz CT molecular complexity index is 337. The monoisotopic (exact) mass is 256 g/mol. The van der Waals surface area contributed by atoms with Crippen LogP contribution in [0, 0.1) is 11.3 Å². The van der Waals surface area contributed by atoms with E-state index in [1.165, 1.54) is 0 Å². The van der Waals surface area contributed by atoms with Gasteiger partial charge in [-0.2, -0.15) is 12.6 Å². The maximum absolute atomic E-state index is 12.2. The highest BCUT2D eigenvalue weighted by atomic mass is 32.1. The van der Waals surface area contributed by atoms with Crippen LogP contribution < -0.4 is 5.73 Å². The smallest absolute Gasteiger partial charge is 0.241 e. The van der Waals surface area contributed by atoms with E-state index in [4.69, 9.17) is 5.73 Å². The van der Waals surface area contributed by atoms with E-state index >= 15 is 0 Å². The molecule has 0 radical (unpaired) electrons. The van der Waals surface area contributed by atoms with Crippen molar-refractivity contribution in [2.45, 2.75) is 38.6 Å². The molecule has 1 unspecified atom stereocenters. The summed E-state index contributed by atoms with van der Waals surface area (Å²) in [4.78, 5) is 25.0. The van der Waals surface area contributed by atoms with Gasteiger partial charge >= 0.3 is 0 Å². The molecular formula is C12H20N2O2S. The minimum atomic E-state index is -0.532. The molecule has 0 bridgehead atoms. The Balaban J connectivity index is 2.01. The summed E-state index contributed by atoms with van der Waals surface area (Å²) in [5, 5.41) is 0. The fourth-order valence-corrected chi connectivity index (χ4v) is 3.34. The third-order valence-corrected chi connectivity index (χ3v) is 4.64. The molecule has 1 saturated heterocycles. The number of primary amides is 1. The second kappa shape index (κ2) is 4.52. The Labute approximate surface area is 107 Å². The maximum Gasteiger partial charge on any atom is 0.241 e. The van der Waals surface area contributed by atoms with Gasteiger partial charge in [0, 0.05) is 12.3 Å². The van der Waals surface area contributed by atoms with Crippen molar-refractivity contribution < 1.29 is 9.59 Å². The van der Waals surface area contributed by atoms with Gasteiger partial charge in [0.2, 0.25) is 11.8 Å². The number of hydrogen-bond donors (Lipinski definition) is 2. The lowest BCUT2D eigenvalue weighted by Gasteiger charge is -2.53. The van der Waals surface area contributed by atoms with E-state index in [0.29, 0.717) is 12.3 Å². The fourth-order valence-electron chi connectivity index (χ4n) is 2.96. The van der Waals surface area contributed by atoms with Crippen molar-refractivity contribution in [3.05, 3.63) is 0 Å². The molecule has 1 spiro atoms.